The summed E-state index contributed by atoms with van der Waals surface area (Å²) in [4.78, 5) is 21.3. The Hall–Kier alpha value is -2.36. The number of ether oxygens (including phenoxy) is 1. The van der Waals surface area contributed by atoms with Crippen LogP contribution in [0, 0.1) is 10.5 Å². The van der Waals surface area contributed by atoms with Crippen molar-refractivity contribution in [1.82, 2.24) is 19.7 Å². The van der Waals surface area contributed by atoms with Crippen LogP contribution in [0.4, 0.5) is 5.69 Å². The predicted molar refractivity (Wildman–Crippen MR) is 117 cm³/mol. The van der Waals surface area contributed by atoms with Gasteiger partial charge in [-0.15, -0.1) is 0 Å². The van der Waals surface area contributed by atoms with Gasteiger partial charge in [0, 0.05) is 55.2 Å². The average Bonchev–Trinajstić information content (AvgIpc) is 3.09. The van der Waals surface area contributed by atoms with E-state index in [9.17, 15) is 4.79 Å². The number of aromatic nitrogens is 3. The quantitative estimate of drug-likeness (QED) is 0.526. The molecule has 4 rings (SSSR count). The number of aryl methyl sites for hydroxylation is 1. The number of benzene rings is 1. The second-order valence-corrected chi connectivity index (χ2v) is 8.04. The number of carbonyl (C=O) groups excluding carboxylic acids is 1. The van der Waals surface area contributed by atoms with Gasteiger partial charge in [-0.05, 0) is 53.8 Å². The zero-order chi connectivity index (χ0) is 19.7. The van der Waals surface area contributed by atoms with Gasteiger partial charge in [-0.2, -0.15) is 5.10 Å². The summed E-state index contributed by atoms with van der Waals surface area (Å²) in [5.74, 6) is 0.968. The number of amides is 1. The molecule has 3 aromatic rings. The number of anilines is 1. The molecule has 8 heteroatoms. The maximum absolute atomic E-state index is 12.7. The molecule has 146 valence electrons. The van der Waals surface area contributed by atoms with Gasteiger partial charge in [-0.3, -0.25) is 9.48 Å². The molecule has 1 aliphatic rings. The number of fused-ring (bicyclic) bond motifs is 1. The highest BCUT2D eigenvalue weighted by atomic mass is 127. The number of methoxy groups -OCH3 is 1. The first-order chi connectivity index (χ1) is 13.5. The van der Waals surface area contributed by atoms with Crippen LogP contribution < -0.4 is 9.64 Å². The molecule has 2 aromatic heterocycles. The van der Waals surface area contributed by atoms with Gasteiger partial charge in [0.05, 0.1) is 10.7 Å². The van der Waals surface area contributed by atoms with Crippen molar-refractivity contribution in [3.63, 3.8) is 0 Å². The van der Waals surface area contributed by atoms with E-state index in [2.05, 4.69) is 55.8 Å². The number of piperazine rings is 1. The largest absolute Gasteiger partial charge is 0.496 e. The minimum Gasteiger partial charge on any atom is -0.496 e. The van der Waals surface area contributed by atoms with Crippen molar-refractivity contribution in [2.75, 3.05) is 38.2 Å². The van der Waals surface area contributed by atoms with Crippen LogP contribution in [0.2, 0.25) is 0 Å². The summed E-state index contributed by atoms with van der Waals surface area (Å²) >= 11 is 2.27. The molecule has 3 heterocycles. The zero-order valence-electron chi connectivity index (χ0n) is 15.9. The molecular weight excluding hydrogens is 469 g/mol. The van der Waals surface area contributed by atoms with E-state index in [1.807, 2.05) is 30.2 Å². The first kappa shape index (κ1) is 19.0. The Morgan fingerprint density at radius 1 is 1.18 bits per heavy atom. The van der Waals surface area contributed by atoms with Gasteiger partial charge in [-0.25, -0.2) is 4.98 Å². The second-order valence-electron chi connectivity index (χ2n) is 6.88. The first-order valence-electron chi connectivity index (χ1n) is 9.20. The molecule has 28 heavy (non-hydrogen) atoms. The number of carbonyl (C=O) groups is 1. The van der Waals surface area contributed by atoms with Crippen molar-refractivity contribution in [1.29, 1.82) is 0 Å². The van der Waals surface area contributed by atoms with Crippen molar-refractivity contribution >= 4 is 45.2 Å². The molecular formula is C20H22IN5O2. The Bertz CT molecular complexity index is 1010. The molecule has 0 saturated carbocycles. The van der Waals surface area contributed by atoms with E-state index in [-0.39, 0.29) is 12.5 Å². The maximum atomic E-state index is 12.7. The summed E-state index contributed by atoms with van der Waals surface area (Å²) in [6.07, 6.45) is 1.88. The third kappa shape index (κ3) is 3.91. The molecule has 7 nitrogen and oxygen atoms in total. The van der Waals surface area contributed by atoms with Gasteiger partial charge >= 0.3 is 0 Å². The molecule has 1 fully saturated rings. The lowest BCUT2D eigenvalue weighted by molar-refractivity contribution is -0.132. The Balaban J connectivity index is 1.38. The van der Waals surface area contributed by atoms with Crippen LogP contribution in [0.3, 0.4) is 0 Å². The molecule has 1 saturated heterocycles. The topological polar surface area (TPSA) is 63.5 Å². The van der Waals surface area contributed by atoms with E-state index in [0.717, 1.165) is 39.2 Å². The third-order valence-electron chi connectivity index (χ3n) is 4.99. The average molecular weight is 491 g/mol. The fraction of sp³-hybridized carbons (Fsp3) is 0.350. The van der Waals surface area contributed by atoms with E-state index in [1.54, 1.807) is 11.8 Å². The number of nitrogens with zero attached hydrogens (tertiary/aromatic N) is 5. The fourth-order valence-electron chi connectivity index (χ4n) is 3.42. The van der Waals surface area contributed by atoms with Crippen LogP contribution in [0.1, 0.15) is 5.69 Å². The minimum absolute atomic E-state index is 0.0874. The van der Waals surface area contributed by atoms with Crippen LogP contribution in [0.25, 0.3) is 11.0 Å². The Kier molecular flexibility index (Phi) is 5.38. The Labute approximate surface area is 177 Å². The molecule has 0 N–H and O–H groups in total. The second kappa shape index (κ2) is 7.94. The SMILES string of the molecule is COc1cc(N2CCN(C(=O)Cn3cc4ccc(C)nc4n3)CC2)ccc1I. The van der Waals surface area contributed by atoms with Gasteiger partial charge in [0.25, 0.3) is 0 Å². The van der Waals surface area contributed by atoms with Crippen LogP contribution in [-0.2, 0) is 11.3 Å². The summed E-state index contributed by atoms with van der Waals surface area (Å²) in [5.41, 5.74) is 2.74. The summed E-state index contributed by atoms with van der Waals surface area (Å²) < 4.78 is 8.20. The number of hydrogen-bond donors (Lipinski definition) is 0. The number of pyridine rings is 1. The lowest BCUT2D eigenvalue weighted by Gasteiger charge is -2.36. The van der Waals surface area contributed by atoms with E-state index in [4.69, 9.17) is 4.74 Å². The predicted octanol–water partition coefficient (Wildman–Crippen LogP) is 2.70. The normalized spacial score (nSPS) is 14.5. The summed E-state index contributed by atoms with van der Waals surface area (Å²) in [7, 11) is 1.69. The number of halogens is 1. The lowest BCUT2D eigenvalue weighted by Crippen LogP contribution is -2.49. The highest BCUT2D eigenvalue weighted by Crippen LogP contribution is 2.27. The highest BCUT2D eigenvalue weighted by molar-refractivity contribution is 14.1. The van der Waals surface area contributed by atoms with E-state index in [0.29, 0.717) is 18.7 Å². The first-order valence-corrected chi connectivity index (χ1v) is 10.3. The minimum atomic E-state index is 0.0874. The molecule has 0 atom stereocenters. The summed E-state index contributed by atoms with van der Waals surface area (Å²) in [5, 5.41) is 5.39. The maximum Gasteiger partial charge on any atom is 0.244 e. The van der Waals surface area contributed by atoms with Crippen LogP contribution in [0.5, 0.6) is 5.75 Å². The number of rotatable bonds is 4. The van der Waals surface area contributed by atoms with Crippen molar-refractivity contribution < 1.29 is 9.53 Å². The van der Waals surface area contributed by atoms with Crippen LogP contribution in [0.15, 0.2) is 36.5 Å². The number of hydrogen-bond acceptors (Lipinski definition) is 5. The summed E-state index contributed by atoms with van der Waals surface area (Å²) in [6, 6.07) is 10.2. The van der Waals surface area contributed by atoms with Gasteiger partial charge < -0.3 is 14.5 Å². The molecule has 0 radical (unpaired) electrons. The Morgan fingerprint density at radius 3 is 2.71 bits per heavy atom. The van der Waals surface area contributed by atoms with Crippen molar-refractivity contribution in [2.24, 2.45) is 0 Å². The molecule has 0 unspecified atom stereocenters. The molecule has 0 spiro atoms. The van der Waals surface area contributed by atoms with E-state index in [1.165, 1.54) is 0 Å². The van der Waals surface area contributed by atoms with Gasteiger partial charge in [-0.1, -0.05) is 0 Å². The van der Waals surface area contributed by atoms with Crippen molar-refractivity contribution in [3.8, 4) is 5.75 Å². The standard InChI is InChI=1S/C20H22IN5O2/c1-14-3-4-15-12-26(23-20(15)22-14)13-19(27)25-9-7-24(8-10-25)16-5-6-17(21)18(11-16)28-2/h3-6,11-12H,7-10,13H2,1-2H3. The summed E-state index contributed by atoms with van der Waals surface area (Å²) in [6.45, 7) is 5.18. The molecule has 0 aliphatic carbocycles. The third-order valence-corrected chi connectivity index (χ3v) is 5.88. The van der Waals surface area contributed by atoms with Crippen LogP contribution >= 0.6 is 22.6 Å². The van der Waals surface area contributed by atoms with Gasteiger partial charge in [0.1, 0.15) is 12.3 Å². The zero-order valence-corrected chi connectivity index (χ0v) is 18.1. The Morgan fingerprint density at radius 2 is 1.96 bits per heavy atom. The molecule has 0 bridgehead atoms. The van der Waals surface area contributed by atoms with Crippen molar-refractivity contribution in [2.45, 2.75) is 13.5 Å². The lowest BCUT2D eigenvalue weighted by atomic mass is 10.2. The van der Waals surface area contributed by atoms with Crippen molar-refractivity contribution in [3.05, 3.63) is 45.8 Å². The van der Waals surface area contributed by atoms with E-state index < -0.39 is 0 Å². The van der Waals surface area contributed by atoms with Gasteiger partial charge in [0.15, 0.2) is 5.65 Å². The van der Waals surface area contributed by atoms with Crippen LogP contribution in [-0.4, -0.2) is 58.9 Å². The van der Waals surface area contributed by atoms with Gasteiger partial charge in [0.2, 0.25) is 5.91 Å². The highest BCUT2D eigenvalue weighted by Gasteiger charge is 2.22. The molecule has 1 aliphatic heterocycles. The smallest absolute Gasteiger partial charge is 0.244 e. The molecule has 1 aromatic carbocycles. The fourth-order valence-corrected chi connectivity index (χ4v) is 3.98. The monoisotopic (exact) mass is 491 g/mol. The van der Waals surface area contributed by atoms with E-state index >= 15 is 0 Å². The molecule has 1 amide bonds.